The van der Waals surface area contributed by atoms with Crippen molar-refractivity contribution >= 4 is 0 Å². The average molecular weight is 271 g/mol. The van der Waals surface area contributed by atoms with Crippen molar-refractivity contribution in [2.45, 2.75) is 77.4 Å². The van der Waals surface area contributed by atoms with Gasteiger partial charge in [0, 0.05) is 19.2 Å². The summed E-state index contributed by atoms with van der Waals surface area (Å²) in [6, 6.07) is 0.528. The molecule has 1 N–H and O–H groups in total. The topological polar surface area (TPSA) is 30.5 Å². The van der Waals surface area contributed by atoms with Gasteiger partial charge in [-0.3, -0.25) is 0 Å². The van der Waals surface area contributed by atoms with Crippen molar-refractivity contribution in [2.24, 2.45) is 0 Å². The smallest absolute Gasteiger partial charge is 0.0807 e. The Hall–Kier alpha value is -0.120. The molecule has 0 heterocycles. The molecule has 0 unspecified atom stereocenters. The molecule has 0 aromatic carbocycles. The second-order valence-electron chi connectivity index (χ2n) is 6.09. The third-order valence-corrected chi connectivity index (χ3v) is 3.83. The maximum absolute atomic E-state index is 6.26. The first-order valence-corrected chi connectivity index (χ1v) is 8.13. The van der Waals surface area contributed by atoms with Gasteiger partial charge in [-0.2, -0.15) is 0 Å². The lowest BCUT2D eigenvalue weighted by molar-refractivity contribution is -0.0758. The second kappa shape index (κ2) is 9.73. The molecule has 0 aromatic rings. The van der Waals surface area contributed by atoms with Gasteiger partial charge in [-0.25, -0.2) is 0 Å². The molecule has 114 valence electrons. The molecule has 0 saturated heterocycles. The largest absolute Gasteiger partial charge is 0.379 e. The first-order valence-electron chi connectivity index (χ1n) is 8.13. The van der Waals surface area contributed by atoms with Gasteiger partial charge in [-0.05, 0) is 19.3 Å². The lowest BCUT2D eigenvalue weighted by atomic mass is 9.93. The molecule has 0 amide bonds. The average Bonchev–Trinajstić information content (AvgIpc) is 2.63. The first-order chi connectivity index (χ1) is 9.18. The molecule has 0 aromatic heterocycles. The van der Waals surface area contributed by atoms with Gasteiger partial charge in [0.2, 0.25) is 0 Å². The van der Waals surface area contributed by atoms with Crippen molar-refractivity contribution in [1.29, 1.82) is 0 Å². The molecule has 0 radical (unpaired) electrons. The Bertz CT molecular complexity index is 211. The minimum atomic E-state index is 0.0519. The van der Waals surface area contributed by atoms with Crippen molar-refractivity contribution in [2.75, 3.05) is 26.4 Å². The van der Waals surface area contributed by atoms with Crippen molar-refractivity contribution in [3.05, 3.63) is 0 Å². The molecule has 1 aliphatic carbocycles. The van der Waals surface area contributed by atoms with Crippen LogP contribution in [0.1, 0.15) is 65.7 Å². The quantitative estimate of drug-likeness (QED) is 0.514. The van der Waals surface area contributed by atoms with E-state index in [4.69, 9.17) is 9.47 Å². The normalized spacial score (nSPS) is 19.6. The molecule has 3 heteroatoms. The molecule has 3 nitrogen and oxygen atoms in total. The molecule has 0 bridgehead atoms. The van der Waals surface area contributed by atoms with E-state index in [1.54, 1.807) is 0 Å². The second-order valence-corrected chi connectivity index (χ2v) is 6.09. The maximum Gasteiger partial charge on any atom is 0.0807 e. The summed E-state index contributed by atoms with van der Waals surface area (Å²) < 4.78 is 11.8. The maximum atomic E-state index is 6.26. The predicted octanol–water partition coefficient (Wildman–Crippen LogP) is 3.52. The third kappa shape index (κ3) is 7.28. The Morgan fingerprint density at radius 1 is 1.00 bits per heavy atom. The van der Waals surface area contributed by atoms with Crippen LogP contribution in [0.15, 0.2) is 0 Å². The summed E-state index contributed by atoms with van der Waals surface area (Å²) in [5.74, 6) is 0. The first kappa shape index (κ1) is 16.9. The number of rotatable bonds is 9. The highest BCUT2D eigenvalue weighted by atomic mass is 16.5. The van der Waals surface area contributed by atoms with E-state index in [-0.39, 0.29) is 5.60 Å². The van der Waals surface area contributed by atoms with E-state index in [2.05, 4.69) is 26.1 Å². The van der Waals surface area contributed by atoms with Crippen molar-refractivity contribution in [3.63, 3.8) is 0 Å². The number of nitrogens with one attached hydrogen (secondary N) is 1. The van der Waals surface area contributed by atoms with E-state index >= 15 is 0 Å². The highest BCUT2D eigenvalue weighted by molar-refractivity contribution is 4.86. The van der Waals surface area contributed by atoms with E-state index in [1.807, 2.05) is 0 Å². The van der Waals surface area contributed by atoms with Crippen molar-refractivity contribution in [3.8, 4) is 0 Å². The van der Waals surface area contributed by atoms with E-state index in [0.717, 1.165) is 32.8 Å². The van der Waals surface area contributed by atoms with Crippen LogP contribution >= 0.6 is 0 Å². The van der Waals surface area contributed by atoms with Crippen LogP contribution in [0.3, 0.4) is 0 Å². The summed E-state index contributed by atoms with van der Waals surface area (Å²) in [5, 5.41) is 3.57. The zero-order valence-corrected chi connectivity index (χ0v) is 13.2. The summed E-state index contributed by atoms with van der Waals surface area (Å²) in [5.41, 5.74) is 0.0519. The van der Waals surface area contributed by atoms with Gasteiger partial charge in [0.25, 0.3) is 0 Å². The SMILES string of the molecule is CCCOCCOC1(CNC(C)C)CCCCCC1. The minimum absolute atomic E-state index is 0.0519. The van der Waals surface area contributed by atoms with Crippen LogP contribution in [0.25, 0.3) is 0 Å². The van der Waals surface area contributed by atoms with Crippen LogP contribution in [-0.2, 0) is 9.47 Å². The fraction of sp³-hybridized carbons (Fsp3) is 1.00. The minimum Gasteiger partial charge on any atom is -0.379 e. The van der Waals surface area contributed by atoms with Gasteiger partial charge in [-0.1, -0.05) is 46.5 Å². The van der Waals surface area contributed by atoms with Gasteiger partial charge in [0.15, 0.2) is 0 Å². The van der Waals surface area contributed by atoms with Crippen LogP contribution in [-0.4, -0.2) is 38.0 Å². The zero-order chi connectivity index (χ0) is 14.0. The van der Waals surface area contributed by atoms with E-state index < -0.39 is 0 Å². The van der Waals surface area contributed by atoms with Gasteiger partial charge in [0.05, 0.1) is 18.8 Å². The molecule has 1 fully saturated rings. The van der Waals surface area contributed by atoms with E-state index in [9.17, 15) is 0 Å². The highest BCUT2D eigenvalue weighted by Crippen LogP contribution is 2.30. The fourth-order valence-electron chi connectivity index (χ4n) is 2.70. The molecule has 19 heavy (non-hydrogen) atoms. The van der Waals surface area contributed by atoms with Crippen LogP contribution in [0, 0.1) is 0 Å². The van der Waals surface area contributed by atoms with Gasteiger partial charge in [0.1, 0.15) is 0 Å². The summed E-state index contributed by atoms with van der Waals surface area (Å²) >= 11 is 0. The number of hydrogen-bond acceptors (Lipinski definition) is 3. The lowest BCUT2D eigenvalue weighted by Gasteiger charge is -2.34. The summed E-state index contributed by atoms with van der Waals surface area (Å²) in [6.07, 6.45) is 8.80. The molecule has 1 rings (SSSR count). The van der Waals surface area contributed by atoms with Gasteiger partial charge in [-0.15, -0.1) is 0 Å². The Balaban J connectivity index is 2.38. The molecule has 1 aliphatic rings. The molecule has 0 atom stereocenters. The molecule has 0 aliphatic heterocycles. The Labute approximate surface area is 119 Å². The lowest BCUT2D eigenvalue weighted by Crippen LogP contribution is -2.45. The summed E-state index contributed by atoms with van der Waals surface area (Å²) in [7, 11) is 0. The molecule has 1 saturated carbocycles. The molecule has 0 spiro atoms. The van der Waals surface area contributed by atoms with Crippen LogP contribution in [0.5, 0.6) is 0 Å². The van der Waals surface area contributed by atoms with E-state index in [1.165, 1.54) is 38.5 Å². The summed E-state index contributed by atoms with van der Waals surface area (Å²) in [6.45, 7) is 9.85. The predicted molar refractivity (Wildman–Crippen MR) is 80.6 cm³/mol. The Morgan fingerprint density at radius 3 is 2.26 bits per heavy atom. The zero-order valence-electron chi connectivity index (χ0n) is 13.2. The van der Waals surface area contributed by atoms with Crippen LogP contribution in [0.4, 0.5) is 0 Å². The molecular formula is C16H33NO2. The number of ether oxygens (including phenoxy) is 2. The van der Waals surface area contributed by atoms with Crippen molar-refractivity contribution < 1.29 is 9.47 Å². The third-order valence-electron chi connectivity index (χ3n) is 3.83. The van der Waals surface area contributed by atoms with Gasteiger partial charge < -0.3 is 14.8 Å². The van der Waals surface area contributed by atoms with E-state index in [0.29, 0.717) is 6.04 Å². The van der Waals surface area contributed by atoms with Gasteiger partial charge >= 0.3 is 0 Å². The standard InChI is InChI=1S/C16H33NO2/c1-4-11-18-12-13-19-16(14-17-15(2)3)9-7-5-6-8-10-16/h15,17H,4-14H2,1-3H3. The monoisotopic (exact) mass is 271 g/mol. The van der Waals surface area contributed by atoms with Crippen LogP contribution < -0.4 is 5.32 Å². The Morgan fingerprint density at radius 2 is 1.68 bits per heavy atom. The fourth-order valence-corrected chi connectivity index (χ4v) is 2.70. The highest BCUT2D eigenvalue weighted by Gasteiger charge is 2.31. The number of hydrogen-bond donors (Lipinski definition) is 1. The van der Waals surface area contributed by atoms with Crippen molar-refractivity contribution in [1.82, 2.24) is 5.32 Å². The summed E-state index contributed by atoms with van der Waals surface area (Å²) in [4.78, 5) is 0. The Kier molecular flexibility index (Phi) is 8.67. The molecular weight excluding hydrogens is 238 g/mol. The van der Waals surface area contributed by atoms with Crippen LogP contribution in [0.2, 0.25) is 0 Å².